The molecule has 0 spiro atoms. The molecular weight excluding hydrogens is 344 g/mol. The summed E-state index contributed by atoms with van der Waals surface area (Å²) in [6.07, 6.45) is -4.50. The van der Waals surface area contributed by atoms with E-state index in [0.29, 0.717) is 0 Å². The van der Waals surface area contributed by atoms with Gasteiger partial charge in [-0.05, 0) is 12.1 Å². The molecule has 0 amide bonds. The average molecular weight is 350 g/mol. The van der Waals surface area contributed by atoms with E-state index < -0.39 is 11.7 Å². The molecular formula is C9H6BrCl2F3N2. The zero-order valence-corrected chi connectivity index (χ0v) is 11.3. The number of halogens is 6. The Labute approximate surface area is 114 Å². The van der Waals surface area contributed by atoms with Crippen LogP contribution < -0.4 is 5.73 Å². The first-order valence-electron chi connectivity index (χ1n) is 4.21. The minimum absolute atomic E-state index is 0.0102. The fourth-order valence-electron chi connectivity index (χ4n) is 1.03. The summed E-state index contributed by atoms with van der Waals surface area (Å²) in [5, 5.41) is 0.0536. The minimum Gasteiger partial charge on any atom is -0.386 e. The Balaban J connectivity index is 3.34. The monoisotopic (exact) mass is 348 g/mol. The molecule has 0 radical (unpaired) electrons. The van der Waals surface area contributed by atoms with Crippen molar-refractivity contribution in [1.82, 2.24) is 0 Å². The Morgan fingerprint density at radius 2 is 2.00 bits per heavy atom. The molecule has 1 aromatic rings. The Morgan fingerprint density at radius 3 is 2.47 bits per heavy atom. The van der Waals surface area contributed by atoms with Gasteiger partial charge in [0.15, 0.2) is 0 Å². The van der Waals surface area contributed by atoms with Crippen LogP contribution in [0.1, 0.15) is 5.56 Å². The fourth-order valence-corrected chi connectivity index (χ4v) is 1.99. The van der Waals surface area contributed by atoms with E-state index in [9.17, 15) is 13.2 Å². The van der Waals surface area contributed by atoms with Gasteiger partial charge >= 0.3 is 6.18 Å². The van der Waals surface area contributed by atoms with E-state index in [1.807, 2.05) is 0 Å². The SMILES string of the molecule is NC(CCl)=Nc1cc(C(F)(F)F)c(Br)cc1Cl. The third-order valence-electron chi connectivity index (χ3n) is 1.74. The number of amidine groups is 1. The molecule has 0 saturated carbocycles. The summed E-state index contributed by atoms with van der Waals surface area (Å²) in [7, 11) is 0. The van der Waals surface area contributed by atoms with E-state index in [2.05, 4.69) is 20.9 Å². The topological polar surface area (TPSA) is 38.4 Å². The van der Waals surface area contributed by atoms with E-state index in [4.69, 9.17) is 28.9 Å². The minimum atomic E-state index is -4.50. The predicted molar refractivity (Wildman–Crippen MR) is 66.2 cm³/mol. The van der Waals surface area contributed by atoms with E-state index in [0.717, 1.165) is 12.1 Å². The lowest BCUT2D eigenvalue weighted by Crippen LogP contribution is -2.12. The number of nitrogens with two attached hydrogens (primary N) is 1. The Hall–Kier alpha value is -0.460. The van der Waals surface area contributed by atoms with Crippen LogP contribution in [-0.2, 0) is 6.18 Å². The average Bonchev–Trinajstić information content (AvgIpc) is 2.19. The van der Waals surface area contributed by atoms with Crippen LogP contribution in [-0.4, -0.2) is 11.7 Å². The Morgan fingerprint density at radius 1 is 1.41 bits per heavy atom. The molecule has 0 fully saturated rings. The molecule has 0 aromatic heterocycles. The van der Waals surface area contributed by atoms with Crippen molar-refractivity contribution in [1.29, 1.82) is 0 Å². The van der Waals surface area contributed by atoms with E-state index >= 15 is 0 Å². The van der Waals surface area contributed by atoms with Crippen LogP contribution in [0.25, 0.3) is 0 Å². The summed E-state index contributed by atoms with van der Waals surface area (Å²) >= 11 is 13.9. The van der Waals surface area contributed by atoms with Gasteiger partial charge in [0.05, 0.1) is 22.2 Å². The quantitative estimate of drug-likeness (QED) is 0.481. The van der Waals surface area contributed by atoms with Crippen molar-refractivity contribution in [3.8, 4) is 0 Å². The van der Waals surface area contributed by atoms with Crippen molar-refractivity contribution in [2.75, 3.05) is 5.88 Å². The lowest BCUT2D eigenvalue weighted by Gasteiger charge is -2.11. The van der Waals surface area contributed by atoms with Crippen LogP contribution in [0, 0.1) is 0 Å². The maximum atomic E-state index is 12.6. The fraction of sp³-hybridized carbons (Fsp3) is 0.222. The Kier molecular flexibility index (Phi) is 4.69. The third kappa shape index (κ3) is 3.76. The van der Waals surface area contributed by atoms with Gasteiger partial charge in [-0.15, -0.1) is 11.6 Å². The largest absolute Gasteiger partial charge is 0.417 e. The van der Waals surface area contributed by atoms with E-state index in [1.54, 1.807) is 0 Å². The van der Waals surface area contributed by atoms with Crippen molar-refractivity contribution in [3.05, 3.63) is 27.2 Å². The van der Waals surface area contributed by atoms with Crippen LogP contribution in [0.5, 0.6) is 0 Å². The molecule has 0 unspecified atom stereocenters. The number of hydrogen-bond acceptors (Lipinski definition) is 1. The molecule has 0 bridgehead atoms. The summed E-state index contributed by atoms with van der Waals surface area (Å²) in [6, 6.07) is 1.93. The summed E-state index contributed by atoms with van der Waals surface area (Å²) in [6.45, 7) is 0. The van der Waals surface area contributed by atoms with Gasteiger partial charge in [-0.3, -0.25) is 0 Å². The Bertz CT molecular complexity index is 460. The number of aliphatic imine (C=N–C) groups is 1. The molecule has 0 aliphatic rings. The first-order valence-corrected chi connectivity index (χ1v) is 5.91. The van der Waals surface area contributed by atoms with Gasteiger partial charge in [-0.25, -0.2) is 4.99 Å². The smallest absolute Gasteiger partial charge is 0.386 e. The van der Waals surface area contributed by atoms with Crippen molar-refractivity contribution in [2.45, 2.75) is 6.18 Å². The molecule has 2 N–H and O–H groups in total. The molecule has 0 atom stereocenters. The number of alkyl halides is 4. The molecule has 8 heteroatoms. The number of rotatable bonds is 2. The first-order chi connectivity index (χ1) is 7.75. The number of hydrogen-bond donors (Lipinski definition) is 1. The van der Waals surface area contributed by atoms with Crippen LogP contribution in [0.3, 0.4) is 0 Å². The number of nitrogens with zero attached hydrogens (tertiary/aromatic N) is 1. The highest BCUT2D eigenvalue weighted by molar-refractivity contribution is 9.10. The van der Waals surface area contributed by atoms with Crippen molar-refractivity contribution >= 4 is 50.7 Å². The maximum Gasteiger partial charge on any atom is 0.417 e. The zero-order chi connectivity index (χ0) is 13.2. The van der Waals surface area contributed by atoms with Gasteiger partial charge < -0.3 is 5.73 Å². The van der Waals surface area contributed by atoms with Crippen LogP contribution in [0.15, 0.2) is 21.6 Å². The van der Waals surface area contributed by atoms with Gasteiger partial charge in [0.2, 0.25) is 0 Å². The highest BCUT2D eigenvalue weighted by Gasteiger charge is 2.33. The standard InChI is InChI=1S/C9H6BrCl2F3N2/c10-5-2-6(12)7(17-8(16)3-11)1-4(5)9(13,14)15/h1-2H,3H2,(H2,16,17). The normalized spacial score (nSPS) is 12.9. The third-order valence-corrected chi connectivity index (χ3v) is 2.98. The summed E-state index contributed by atoms with van der Waals surface area (Å²) in [4.78, 5) is 3.70. The van der Waals surface area contributed by atoms with Crippen LogP contribution in [0.2, 0.25) is 5.02 Å². The van der Waals surface area contributed by atoms with Crippen molar-refractivity contribution < 1.29 is 13.2 Å². The molecule has 2 nitrogen and oxygen atoms in total. The molecule has 0 heterocycles. The van der Waals surface area contributed by atoms with Gasteiger partial charge in [0.1, 0.15) is 5.84 Å². The molecule has 1 aromatic carbocycles. The van der Waals surface area contributed by atoms with Gasteiger partial charge in [0.25, 0.3) is 0 Å². The van der Waals surface area contributed by atoms with E-state index in [1.165, 1.54) is 0 Å². The molecule has 0 saturated heterocycles. The molecule has 94 valence electrons. The lowest BCUT2D eigenvalue weighted by molar-refractivity contribution is -0.138. The number of benzene rings is 1. The molecule has 0 aliphatic heterocycles. The maximum absolute atomic E-state index is 12.6. The zero-order valence-electron chi connectivity index (χ0n) is 8.15. The van der Waals surface area contributed by atoms with Crippen LogP contribution in [0.4, 0.5) is 18.9 Å². The first kappa shape index (κ1) is 14.6. The summed E-state index contributed by atoms with van der Waals surface area (Å²) in [5.41, 5.74) is 4.40. The second-order valence-electron chi connectivity index (χ2n) is 3.02. The second-order valence-corrected chi connectivity index (χ2v) is 4.55. The van der Waals surface area contributed by atoms with Gasteiger partial charge in [-0.1, -0.05) is 27.5 Å². The van der Waals surface area contributed by atoms with Crippen molar-refractivity contribution in [2.24, 2.45) is 10.7 Å². The predicted octanol–water partition coefficient (Wildman–Crippen LogP) is 4.35. The van der Waals surface area contributed by atoms with Gasteiger partial charge in [-0.2, -0.15) is 13.2 Å². The molecule has 0 aliphatic carbocycles. The van der Waals surface area contributed by atoms with Crippen molar-refractivity contribution in [3.63, 3.8) is 0 Å². The lowest BCUT2D eigenvalue weighted by atomic mass is 10.2. The highest BCUT2D eigenvalue weighted by atomic mass is 79.9. The van der Waals surface area contributed by atoms with E-state index in [-0.39, 0.29) is 26.9 Å². The van der Waals surface area contributed by atoms with Gasteiger partial charge in [0, 0.05) is 4.47 Å². The van der Waals surface area contributed by atoms with Crippen LogP contribution >= 0.6 is 39.1 Å². The molecule has 1 rings (SSSR count). The summed E-state index contributed by atoms with van der Waals surface area (Å²) in [5.74, 6) is -0.0997. The molecule has 17 heavy (non-hydrogen) atoms. The second kappa shape index (κ2) is 5.46. The summed E-state index contributed by atoms with van der Waals surface area (Å²) < 4.78 is 37.6. The highest BCUT2D eigenvalue weighted by Crippen LogP contribution is 2.40.